The lowest BCUT2D eigenvalue weighted by Gasteiger charge is -2.46. The van der Waals surface area contributed by atoms with Crippen molar-refractivity contribution in [1.82, 2.24) is 5.32 Å². The molecule has 3 atom stereocenters. The second-order valence-electron chi connectivity index (χ2n) is 8.92. The molecule has 5 rings (SSSR count). The van der Waals surface area contributed by atoms with Crippen LogP contribution in [0.1, 0.15) is 35.1 Å². The fourth-order valence-electron chi connectivity index (χ4n) is 5.53. The van der Waals surface area contributed by atoms with Crippen LogP contribution >= 0.6 is 45.8 Å². The zero-order valence-electron chi connectivity index (χ0n) is 19.7. The van der Waals surface area contributed by atoms with Crippen molar-refractivity contribution >= 4 is 63.3 Å². The summed E-state index contributed by atoms with van der Waals surface area (Å²) >= 11 is 14.8. The van der Waals surface area contributed by atoms with Crippen LogP contribution < -0.4 is 20.1 Å². The molecule has 0 unspecified atom stereocenters. The number of carbonyl (C=O) groups excluding carboxylic acids is 2. The van der Waals surface area contributed by atoms with E-state index in [1.165, 1.54) is 7.11 Å². The van der Waals surface area contributed by atoms with Gasteiger partial charge < -0.3 is 25.2 Å². The molecule has 3 N–H and O–H groups in total. The molecule has 2 aliphatic rings. The second kappa shape index (κ2) is 10.3. The minimum Gasteiger partial charge on any atom is -0.493 e. The number of piperidine rings is 1. The summed E-state index contributed by atoms with van der Waals surface area (Å²) in [6.07, 6.45) is 0.0697. The topological polar surface area (TPSA) is 96.9 Å². The zero-order valence-corrected chi connectivity index (χ0v) is 23.4. The highest BCUT2D eigenvalue weighted by Gasteiger charge is 2.61. The molecule has 192 valence electrons. The fourth-order valence-corrected chi connectivity index (χ4v) is 6.52. The number of amides is 2. The van der Waals surface area contributed by atoms with E-state index in [-0.39, 0.29) is 31.4 Å². The summed E-state index contributed by atoms with van der Waals surface area (Å²) < 4.78 is 12.4. The summed E-state index contributed by atoms with van der Waals surface area (Å²) in [5.74, 6) is -0.266. The molecule has 1 fully saturated rings. The lowest BCUT2D eigenvalue weighted by Crippen LogP contribution is -2.57. The average molecular weight is 653 g/mol. The highest BCUT2D eigenvalue weighted by molar-refractivity contribution is 14.1. The quantitative estimate of drug-likeness (QED) is 0.318. The number of anilines is 1. The number of fused-ring (bicyclic) bond motifs is 2. The number of ether oxygens (including phenoxy) is 2. The van der Waals surface area contributed by atoms with E-state index < -0.39 is 17.4 Å². The van der Waals surface area contributed by atoms with Crippen molar-refractivity contribution < 1.29 is 24.2 Å². The molecule has 3 aromatic rings. The van der Waals surface area contributed by atoms with Crippen LogP contribution in [-0.4, -0.2) is 37.2 Å². The summed E-state index contributed by atoms with van der Waals surface area (Å²) in [5.41, 5.74) is 1.37. The molecule has 10 heteroatoms. The molecule has 0 saturated carbocycles. The number of aliphatic hydroxyl groups excluding tert-OH is 1. The number of halogens is 3. The number of nitrogens with one attached hydrogen (secondary N) is 2. The van der Waals surface area contributed by atoms with E-state index in [4.69, 9.17) is 32.7 Å². The highest BCUT2D eigenvalue weighted by atomic mass is 127. The summed E-state index contributed by atoms with van der Waals surface area (Å²) in [6, 6.07) is 15.4. The van der Waals surface area contributed by atoms with Crippen LogP contribution in [0, 0.1) is 3.57 Å². The largest absolute Gasteiger partial charge is 0.493 e. The molecule has 0 radical (unpaired) electrons. The van der Waals surface area contributed by atoms with Gasteiger partial charge in [-0.1, -0.05) is 41.4 Å². The molecule has 0 aromatic heterocycles. The molecule has 3 aromatic carbocycles. The number of rotatable bonds is 6. The van der Waals surface area contributed by atoms with Gasteiger partial charge in [-0.15, -0.1) is 0 Å². The fraction of sp³-hybridized carbons (Fsp3) is 0.259. The van der Waals surface area contributed by atoms with Crippen molar-refractivity contribution in [2.24, 2.45) is 0 Å². The molecule has 1 spiro atoms. The van der Waals surface area contributed by atoms with Crippen LogP contribution in [0.25, 0.3) is 0 Å². The predicted octanol–water partition coefficient (Wildman–Crippen LogP) is 5.21. The van der Waals surface area contributed by atoms with Crippen molar-refractivity contribution in [1.29, 1.82) is 0 Å². The number of benzene rings is 3. The minimum absolute atomic E-state index is 0.00767. The lowest BCUT2D eigenvalue weighted by atomic mass is 9.59. The van der Waals surface area contributed by atoms with Crippen LogP contribution in [0.2, 0.25) is 10.0 Å². The second-order valence-corrected chi connectivity index (χ2v) is 11.0. The van der Waals surface area contributed by atoms with Gasteiger partial charge in [0, 0.05) is 37.2 Å². The van der Waals surface area contributed by atoms with Gasteiger partial charge in [-0.2, -0.15) is 0 Å². The van der Waals surface area contributed by atoms with Gasteiger partial charge in [0.25, 0.3) is 0 Å². The van der Waals surface area contributed by atoms with Crippen molar-refractivity contribution in [2.75, 3.05) is 25.6 Å². The maximum Gasteiger partial charge on any atom is 0.238 e. The lowest BCUT2D eigenvalue weighted by molar-refractivity contribution is -0.131. The molecule has 2 heterocycles. The third-order valence-electron chi connectivity index (χ3n) is 6.92. The van der Waals surface area contributed by atoms with Crippen LogP contribution in [0.3, 0.4) is 0 Å². The monoisotopic (exact) mass is 652 g/mol. The van der Waals surface area contributed by atoms with Crippen LogP contribution in [-0.2, 0) is 15.0 Å². The number of methoxy groups -OCH3 is 1. The van der Waals surface area contributed by atoms with Crippen molar-refractivity contribution in [3.63, 3.8) is 0 Å². The van der Waals surface area contributed by atoms with Gasteiger partial charge in [-0.05, 0) is 70.1 Å². The van der Waals surface area contributed by atoms with Crippen LogP contribution in [0.15, 0.2) is 54.6 Å². The molecule has 37 heavy (non-hydrogen) atoms. The maximum absolute atomic E-state index is 14.2. The van der Waals surface area contributed by atoms with E-state index in [1.807, 2.05) is 24.3 Å². The molecule has 1 saturated heterocycles. The van der Waals surface area contributed by atoms with E-state index in [1.54, 1.807) is 30.3 Å². The molecular weight excluding hydrogens is 630 g/mol. The standard InChI is InChI=1S/C27H23Cl2IN2O5/c1-36-22-12-17(30)11-18(24(22)37-8-7-33)25-27(19-6-5-16(29)10-21(19)31-26(27)35)20(13-23(34)32-25)14-3-2-4-15(28)9-14/h2-6,9-12,20,25,33H,7-8,13H2,1H3,(H,31,35)(H,32,34)/t20-,25+,27-/m0/s1. The van der Waals surface area contributed by atoms with Crippen molar-refractivity contribution in [2.45, 2.75) is 23.8 Å². The van der Waals surface area contributed by atoms with E-state index in [0.717, 1.165) is 9.13 Å². The molecular formula is C27H23Cl2IN2O5. The third kappa shape index (κ3) is 4.43. The molecule has 2 aliphatic heterocycles. The Labute approximate surface area is 237 Å². The Morgan fingerprint density at radius 3 is 2.62 bits per heavy atom. The van der Waals surface area contributed by atoms with Gasteiger partial charge in [-0.25, -0.2) is 0 Å². The zero-order chi connectivity index (χ0) is 26.3. The van der Waals surface area contributed by atoms with Gasteiger partial charge in [0.1, 0.15) is 12.0 Å². The summed E-state index contributed by atoms with van der Waals surface area (Å²) in [4.78, 5) is 27.5. The Hall–Kier alpha value is -2.53. The van der Waals surface area contributed by atoms with Gasteiger partial charge in [0.2, 0.25) is 11.8 Å². The first kappa shape index (κ1) is 26.1. The summed E-state index contributed by atoms with van der Waals surface area (Å²) in [7, 11) is 1.52. The number of carbonyl (C=O) groups is 2. The highest BCUT2D eigenvalue weighted by Crippen LogP contribution is 2.59. The van der Waals surface area contributed by atoms with Crippen LogP contribution in [0.5, 0.6) is 11.5 Å². The van der Waals surface area contributed by atoms with Crippen molar-refractivity contribution in [3.05, 3.63) is 84.9 Å². The normalized spacial score (nSPS) is 22.4. The van der Waals surface area contributed by atoms with E-state index in [2.05, 4.69) is 33.2 Å². The minimum atomic E-state index is -1.26. The van der Waals surface area contributed by atoms with Gasteiger partial charge >= 0.3 is 0 Å². The van der Waals surface area contributed by atoms with E-state index in [0.29, 0.717) is 38.4 Å². The SMILES string of the molecule is COc1cc(I)cc([C@H]2NC(=O)C[C@@H](c3cccc(Cl)c3)[C@]23C(=O)Nc2cc(Cl)ccc23)c1OCCO. The molecule has 7 nitrogen and oxygen atoms in total. The molecule has 0 bridgehead atoms. The smallest absolute Gasteiger partial charge is 0.238 e. The average Bonchev–Trinajstić information content (AvgIpc) is 3.14. The third-order valence-corrected chi connectivity index (χ3v) is 8.01. The first-order chi connectivity index (χ1) is 17.8. The molecule has 2 amide bonds. The van der Waals surface area contributed by atoms with Crippen molar-refractivity contribution in [3.8, 4) is 11.5 Å². The van der Waals surface area contributed by atoms with E-state index >= 15 is 0 Å². The Balaban J connectivity index is 1.83. The Kier molecular flexibility index (Phi) is 7.28. The Morgan fingerprint density at radius 1 is 1.11 bits per heavy atom. The number of hydrogen-bond acceptors (Lipinski definition) is 5. The van der Waals surface area contributed by atoms with E-state index in [9.17, 15) is 14.7 Å². The van der Waals surface area contributed by atoms with Crippen LogP contribution in [0.4, 0.5) is 5.69 Å². The van der Waals surface area contributed by atoms with Gasteiger partial charge in [-0.3, -0.25) is 9.59 Å². The maximum atomic E-state index is 14.2. The first-order valence-electron chi connectivity index (χ1n) is 11.6. The Morgan fingerprint density at radius 2 is 1.89 bits per heavy atom. The number of aliphatic hydroxyl groups is 1. The predicted molar refractivity (Wildman–Crippen MR) is 150 cm³/mol. The van der Waals surface area contributed by atoms with Gasteiger partial charge in [0.15, 0.2) is 11.5 Å². The summed E-state index contributed by atoms with van der Waals surface area (Å²) in [6.45, 7) is -0.211. The van der Waals surface area contributed by atoms with Gasteiger partial charge in [0.05, 0.1) is 19.8 Å². The Bertz CT molecular complexity index is 1400. The summed E-state index contributed by atoms with van der Waals surface area (Å²) in [5, 5.41) is 16.6. The molecule has 0 aliphatic carbocycles. The number of hydrogen-bond donors (Lipinski definition) is 3. The first-order valence-corrected chi connectivity index (χ1v) is 13.4.